The van der Waals surface area contributed by atoms with E-state index in [1.165, 1.54) is 11.0 Å². The smallest absolute Gasteiger partial charge is 0.416 e. The summed E-state index contributed by atoms with van der Waals surface area (Å²) in [4.78, 5) is 17.0. The number of halogens is 4. The van der Waals surface area contributed by atoms with E-state index >= 15 is 0 Å². The molecule has 0 aromatic heterocycles. The van der Waals surface area contributed by atoms with Crippen LogP contribution in [-0.2, 0) is 11.0 Å². The Morgan fingerprint density at radius 2 is 1.93 bits per heavy atom. The molecular weight excluding hydrogens is 401 g/mol. The van der Waals surface area contributed by atoms with Crippen molar-refractivity contribution in [1.29, 1.82) is 0 Å². The average molecular weight is 413 g/mol. The number of alkyl halides is 3. The van der Waals surface area contributed by atoms with Gasteiger partial charge in [0.25, 0.3) is 0 Å². The molecule has 1 aliphatic heterocycles. The lowest BCUT2D eigenvalue weighted by Gasteiger charge is -2.24. The number of nitrogens with zero attached hydrogens (tertiary/aromatic N) is 2. The molecule has 1 aliphatic rings. The fourth-order valence-electron chi connectivity index (χ4n) is 2.78. The zero-order chi connectivity index (χ0) is 19.8. The van der Waals surface area contributed by atoms with E-state index in [2.05, 4.69) is 4.99 Å². The van der Waals surface area contributed by atoms with E-state index in [9.17, 15) is 23.1 Å². The molecule has 0 spiro atoms. The molecule has 0 saturated carbocycles. The van der Waals surface area contributed by atoms with Crippen LogP contribution in [0.2, 0.25) is 5.02 Å². The van der Waals surface area contributed by atoms with E-state index in [1.54, 1.807) is 24.3 Å². The van der Waals surface area contributed by atoms with Crippen LogP contribution >= 0.6 is 23.8 Å². The number of benzene rings is 2. The lowest BCUT2D eigenvalue weighted by atomic mass is 9.97. The quantitative estimate of drug-likeness (QED) is 0.758. The molecule has 0 aliphatic carbocycles. The van der Waals surface area contributed by atoms with Gasteiger partial charge in [0.15, 0.2) is 0 Å². The molecule has 0 bridgehead atoms. The van der Waals surface area contributed by atoms with Crippen molar-refractivity contribution in [2.45, 2.75) is 6.18 Å². The predicted molar refractivity (Wildman–Crippen MR) is 101 cm³/mol. The van der Waals surface area contributed by atoms with Crippen LogP contribution in [-0.4, -0.2) is 34.9 Å². The van der Waals surface area contributed by atoms with Gasteiger partial charge in [-0.3, -0.25) is 9.79 Å². The van der Waals surface area contributed by atoms with Gasteiger partial charge in [0.05, 0.1) is 23.5 Å². The summed E-state index contributed by atoms with van der Waals surface area (Å²) in [6.45, 7) is -0.526. The number of aliphatic carboxylic acids is 1. The number of carboxylic acids is 1. The van der Waals surface area contributed by atoms with Crippen LogP contribution in [0.5, 0.6) is 0 Å². The topological polar surface area (TPSA) is 52.9 Å². The van der Waals surface area contributed by atoms with Crippen molar-refractivity contribution < 1.29 is 23.1 Å². The first-order valence-electron chi connectivity index (χ1n) is 7.71. The van der Waals surface area contributed by atoms with Crippen molar-refractivity contribution in [3.05, 3.63) is 64.2 Å². The van der Waals surface area contributed by atoms with E-state index < -0.39 is 24.3 Å². The van der Waals surface area contributed by atoms with E-state index in [1.807, 2.05) is 0 Å². The number of rotatable bonds is 3. The van der Waals surface area contributed by atoms with Gasteiger partial charge in [-0.05, 0) is 24.3 Å². The van der Waals surface area contributed by atoms with E-state index in [0.717, 1.165) is 12.1 Å². The zero-order valence-electron chi connectivity index (χ0n) is 13.6. The summed E-state index contributed by atoms with van der Waals surface area (Å²) in [7, 11) is 0. The summed E-state index contributed by atoms with van der Waals surface area (Å²) in [6.07, 6.45) is -4.56. The number of thiocarbonyl (C=S) groups is 1. The van der Waals surface area contributed by atoms with Crippen LogP contribution in [0.4, 0.5) is 18.9 Å². The second kappa shape index (κ2) is 7.28. The first kappa shape index (κ1) is 19.3. The minimum absolute atomic E-state index is 0.0425. The second-order valence-electron chi connectivity index (χ2n) is 5.75. The molecule has 4 nitrogen and oxygen atoms in total. The van der Waals surface area contributed by atoms with Crippen molar-refractivity contribution in [2.24, 2.45) is 4.99 Å². The van der Waals surface area contributed by atoms with Crippen molar-refractivity contribution in [3.8, 4) is 0 Å². The zero-order valence-corrected chi connectivity index (χ0v) is 15.2. The van der Waals surface area contributed by atoms with Crippen LogP contribution < -0.4 is 4.90 Å². The minimum atomic E-state index is -4.56. The van der Waals surface area contributed by atoms with Crippen molar-refractivity contribution in [1.82, 2.24) is 0 Å². The highest BCUT2D eigenvalue weighted by molar-refractivity contribution is 7.80. The Labute approximate surface area is 162 Å². The van der Waals surface area contributed by atoms with Gasteiger partial charge < -0.3 is 10.0 Å². The third-order valence-electron chi connectivity index (χ3n) is 3.97. The maximum Gasteiger partial charge on any atom is 0.416 e. The number of aliphatic imine (C=N–C) groups is 1. The van der Waals surface area contributed by atoms with E-state index in [0.29, 0.717) is 10.6 Å². The van der Waals surface area contributed by atoms with Crippen molar-refractivity contribution >= 4 is 46.2 Å². The number of carboxylic acid groups (broad SMARTS) is 1. The summed E-state index contributed by atoms with van der Waals surface area (Å²) in [5.41, 5.74) is 0.173. The Morgan fingerprint density at radius 1 is 1.22 bits per heavy atom. The molecule has 2 aromatic rings. The normalized spacial score (nSPS) is 14.4. The number of hydrogen-bond donors (Lipinski definition) is 1. The molecule has 0 amide bonds. The minimum Gasteiger partial charge on any atom is -0.480 e. The summed E-state index contributed by atoms with van der Waals surface area (Å²) < 4.78 is 39.8. The molecule has 27 heavy (non-hydrogen) atoms. The third kappa shape index (κ3) is 3.96. The monoisotopic (exact) mass is 412 g/mol. The molecule has 0 saturated heterocycles. The van der Waals surface area contributed by atoms with Crippen molar-refractivity contribution in [3.63, 3.8) is 0 Å². The highest BCUT2D eigenvalue weighted by atomic mass is 35.5. The van der Waals surface area contributed by atoms with Crippen LogP contribution in [0.3, 0.4) is 0 Å². The van der Waals surface area contributed by atoms with E-state index in [-0.39, 0.29) is 28.5 Å². The van der Waals surface area contributed by atoms with Crippen LogP contribution in [0.25, 0.3) is 0 Å². The summed E-state index contributed by atoms with van der Waals surface area (Å²) in [6, 6.07) is 9.68. The van der Waals surface area contributed by atoms with Crippen LogP contribution in [0, 0.1) is 0 Å². The molecule has 9 heteroatoms. The summed E-state index contributed by atoms with van der Waals surface area (Å²) >= 11 is 11.5. The second-order valence-corrected chi connectivity index (χ2v) is 6.63. The van der Waals surface area contributed by atoms with Gasteiger partial charge in [-0.1, -0.05) is 42.0 Å². The number of carbonyl (C=O) groups is 1. The third-order valence-corrected chi connectivity index (χ3v) is 4.64. The maximum atomic E-state index is 13.3. The molecule has 0 unspecified atom stereocenters. The maximum absolute atomic E-state index is 13.3. The Hall–Kier alpha value is -2.45. The molecule has 3 rings (SSSR count). The molecule has 2 aromatic carbocycles. The highest BCUT2D eigenvalue weighted by Crippen LogP contribution is 2.36. The molecule has 140 valence electrons. The molecule has 0 radical (unpaired) electrons. The molecule has 0 atom stereocenters. The summed E-state index contributed by atoms with van der Waals surface area (Å²) in [5, 5.41) is 9.49. The predicted octanol–water partition coefficient (Wildman–Crippen LogP) is 4.43. The van der Waals surface area contributed by atoms with Crippen LogP contribution in [0.15, 0.2) is 47.5 Å². The standard InChI is InChI=1S/C18H12ClF3N2O2S/c19-13-4-2-1-3-11(13)17-12-7-10(18(20,21)22)5-6-14(12)24(9-16(25)26)15(27)8-23-17/h1-7H,8-9H2,(H,25,26). The fraction of sp³-hybridized carbons (Fsp3) is 0.167. The van der Waals surface area contributed by atoms with Gasteiger partial charge in [-0.2, -0.15) is 13.2 Å². The number of benzodiazepines with no additional fused rings is 1. The van der Waals surface area contributed by atoms with Crippen LogP contribution in [0.1, 0.15) is 16.7 Å². The molecule has 0 fully saturated rings. The van der Waals surface area contributed by atoms with E-state index in [4.69, 9.17) is 23.8 Å². The molecule has 1 heterocycles. The van der Waals surface area contributed by atoms with Gasteiger partial charge in [-0.15, -0.1) is 0 Å². The lowest BCUT2D eigenvalue weighted by molar-refractivity contribution is -0.138. The first-order valence-corrected chi connectivity index (χ1v) is 8.50. The fourth-order valence-corrected chi connectivity index (χ4v) is 3.23. The van der Waals surface area contributed by atoms with Gasteiger partial charge in [0.2, 0.25) is 0 Å². The lowest BCUT2D eigenvalue weighted by Crippen LogP contribution is -2.35. The van der Waals surface area contributed by atoms with Gasteiger partial charge in [0, 0.05) is 16.1 Å². The Bertz CT molecular complexity index is 960. The number of hydrogen-bond acceptors (Lipinski definition) is 3. The Balaban J connectivity index is 2.26. The molecular formula is C18H12ClF3N2O2S. The average Bonchev–Trinajstić information content (AvgIpc) is 2.72. The van der Waals surface area contributed by atoms with Crippen molar-refractivity contribution in [2.75, 3.05) is 18.0 Å². The summed E-state index contributed by atoms with van der Waals surface area (Å²) in [5.74, 6) is -1.16. The van der Waals surface area contributed by atoms with Gasteiger partial charge in [-0.25, -0.2) is 0 Å². The Morgan fingerprint density at radius 3 is 2.56 bits per heavy atom. The largest absolute Gasteiger partial charge is 0.480 e. The van der Waals surface area contributed by atoms with Gasteiger partial charge in [0.1, 0.15) is 11.5 Å². The molecule has 1 N–H and O–H groups in total. The number of anilines is 1. The SMILES string of the molecule is O=C(O)CN1C(=S)CN=C(c2ccccc2Cl)c2cc(C(F)(F)F)ccc21. The highest BCUT2D eigenvalue weighted by Gasteiger charge is 2.33. The number of fused-ring (bicyclic) bond motifs is 1. The van der Waals surface area contributed by atoms with Gasteiger partial charge >= 0.3 is 12.1 Å². The first-order chi connectivity index (χ1) is 12.7. The Kier molecular flexibility index (Phi) is 5.21.